The number of ether oxygens (including phenoxy) is 1. The average Bonchev–Trinajstić information content (AvgIpc) is 2.71. The van der Waals surface area contributed by atoms with Crippen molar-refractivity contribution in [2.24, 2.45) is 0 Å². The Hall–Kier alpha value is -1.13. The molecule has 17 heavy (non-hydrogen) atoms. The zero-order chi connectivity index (χ0) is 11.7. The number of rotatable bonds is 2. The molecule has 0 amide bonds. The summed E-state index contributed by atoms with van der Waals surface area (Å²) in [6.07, 6.45) is 1.23. The van der Waals surface area contributed by atoms with E-state index in [2.05, 4.69) is 10.2 Å². The van der Waals surface area contributed by atoms with Gasteiger partial charge in [0.05, 0.1) is 0 Å². The quantitative estimate of drug-likeness (QED) is 0.836. The normalized spacial score (nSPS) is 29.0. The second-order valence-electron chi connectivity index (χ2n) is 4.79. The van der Waals surface area contributed by atoms with Crippen molar-refractivity contribution in [2.75, 3.05) is 26.2 Å². The van der Waals surface area contributed by atoms with Gasteiger partial charge in [-0.05, 0) is 12.1 Å². The van der Waals surface area contributed by atoms with Crippen LogP contribution in [-0.2, 0) is 0 Å². The second-order valence-corrected chi connectivity index (χ2v) is 4.79. The van der Waals surface area contributed by atoms with Crippen LogP contribution in [0.25, 0.3) is 0 Å². The van der Waals surface area contributed by atoms with E-state index in [1.54, 1.807) is 6.07 Å². The summed E-state index contributed by atoms with van der Waals surface area (Å²) in [5, 5.41) is 3.39. The number of nitrogens with one attached hydrogen (secondary N) is 1. The molecule has 3 rings (SSSR count). The van der Waals surface area contributed by atoms with Crippen LogP contribution in [0.4, 0.5) is 4.39 Å². The van der Waals surface area contributed by atoms with Crippen molar-refractivity contribution >= 4 is 0 Å². The summed E-state index contributed by atoms with van der Waals surface area (Å²) in [7, 11) is 0. The Morgan fingerprint density at radius 3 is 3.18 bits per heavy atom. The van der Waals surface area contributed by atoms with E-state index in [1.165, 1.54) is 12.1 Å². The summed E-state index contributed by atoms with van der Waals surface area (Å²) in [4.78, 5) is 2.46. The summed E-state index contributed by atoms with van der Waals surface area (Å²) in [5.41, 5.74) is 0. The Labute approximate surface area is 101 Å². The van der Waals surface area contributed by atoms with E-state index in [-0.39, 0.29) is 11.9 Å². The fourth-order valence-electron chi connectivity index (χ4n) is 2.73. The lowest BCUT2D eigenvalue weighted by Gasteiger charge is -2.29. The zero-order valence-corrected chi connectivity index (χ0v) is 9.73. The van der Waals surface area contributed by atoms with Gasteiger partial charge in [-0.2, -0.15) is 0 Å². The topological polar surface area (TPSA) is 24.5 Å². The molecular formula is C13H17FN2O. The van der Waals surface area contributed by atoms with E-state index in [9.17, 15) is 4.39 Å². The number of hydrogen-bond acceptors (Lipinski definition) is 3. The van der Waals surface area contributed by atoms with Gasteiger partial charge in [0.2, 0.25) is 0 Å². The minimum Gasteiger partial charge on any atom is -0.489 e. The van der Waals surface area contributed by atoms with Crippen LogP contribution in [0.2, 0.25) is 0 Å². The number of hydrogen-bond donors (Lipinski definition) is 1. The number of benzene rings is 1. The molecular weight excluding hydrogens is 219 g/mol. The smallest absolute Gasteiger partial charge is 0.126 e. The standard InChI is InChI=1S/C13H17FN2O/c14-10-2-1-3-12(6-10)17-13-7-11-8-15-4-5-16(11)9-13/h1-3,6,11,13,15H,4-5,7-9H2/t11-,13+/m1/s1. The SMILES string of the molecule is Fc1cccc(O[C@H]2C[C@@H]3CNCCN3C2)c1. The predicted molar refractivity (Wildman–Crippen MR) is 63.7 cm³/mol. The molecule has 2 saturated heterocycles. The molecule has 0 spiro atoms. The third-order valence-electron chi connectivity index (χ3n) is 3.54. The molecule has 92 valence electrons. The van der Waals surface area contributed by atoms with E-state index in [4.69, 9.17) is 4.74 Å². The predicted octanol–water partition coefficient (Wildman–Crippen LogP) is 1.25. The molecule has 2 aliphatic heterocycles. The van der Waals surface area contributed by atoms with Gasteiger partial charge in [-0.15, -0.1) is 0 Å². The Balaban J connectivity index is 1.63. The van der Waals surface area contributed by atoms with Crippen molar-refractivity contribution < 1.29 is 9.13 Å². The third-order valence-corrected chi connectivity index (χ3v) is 3.54. The molecule has 0 unspecified atom stereocenters. The monoisotopic (exact) mass is 236 g/mol. The molecule has 3 nitrogen and oxygen atoms in total. The van der Waals surface area contributed by atoms with Gasteiger partial charge in [0.25, 0.3) is 0 Å². The lowest BCUT2D eigenvalue weighted by atomic mass is 10.2. The van der Waals surface area contributed by atoms with Crippen LogP contribution in [0, 0.1) is 5.82 Å². The maximum absolute atomic E-state index is 13.0. The average molecular weight is 236 g/mol. The van der Waals surface area contributed by atoms with E-state index >= 15 is 0 Å². The van der Waals surface area contributed by atoms with E-state index < -0.39 is 0 Å². The molecule has 0 radical (unpaired) electrons. The number of fused-ring (bicyclic) bond motifs is 1. The lowest BCUT2D eigenvalue weighted by molar-refractivity contribution is 0.186. The van der Waals surface area contributed by atoms with Gasteiger partial charge in [-0.1, -0.05) is 6.07 Å². The summed E-state index contributed by atoms with van der Waals surface area (Å²) >= 11 is 0. The fraction of sp³-hybridized carbons (Fsp3) is 0.538. The van der Waals surface area contributed by atoms with Gasteiger partial charge in [-0.3, -0.25) is 4.90 Å². The van der Waals surface area contributed by atoms with Gasteiger partial charge >= 0.3 is 0 Å². The maximum Gasteiger partial charge on any atom is 0.126 e. The first-order valence-electron chi connectivity index (χ1n) is 6.18. The lowest BCUT2D eigenvalue weighted by Crippen LogP contribution is -2.47. The van der Waals surface area contributed by atoms with Gasteiger partial charge in [-0.25, -0.2) is 4.39 Å². The molecule has 0 aliphatic carbocycles. The van der Waals surface area contributed by atoms with Crippen LogP contribution in [-0.4, -0.2) is 43.2 Å². The second kappa shape index (κ2) is 4.63. The Morgan fingerprint density at radius 2 is 2.35 bits per heavy atom. The molecule has 1 aromatic carbocycles. The minimum atomic E-state index is -0.236. The largest absolute Gasteiger partial charge is 0.489 e. The Kier molecular flexibility index (Phi) is 2.99. The highest BCUT2D eigenvalue weighted by Crippen LogP contribution is 2.24. The van der Waals surface area contributed by atoms with Crippen LogP contribution in [0.5, 0.6) is 5.75 Å². The van der Waals surface area contributed by atoms with Crippen LogP contribution >= 0.6 is 0 Å². The number of nitrogens with zero attached hydrogens (tertiary/aromatic N) is 1. The molecule has 2 fully saturated rings. The van der Waals surface area contributed by atoms with E-state index in [1.807, 2.05) is 6.07 Å². The van der Waals surface area contributed by atoms with E-state index in [0.29, 0.717) is 11.8 Å². The van der Waals surface area contributed by atoms with Crippen molar-refractivity contribution in [3.05, 3.63) is 30.1 Å². The van der Waals surface area contributed by atoms with Crippen LogP contribution in [0.1, 0.15) is 6.42 Å². The maximum atomic E-state index is 13.0. The molecule has 1 aromatic rings. The molecule has 2 aliphatic rings. The summed E-state index contributed by atoms with van der Waals surface area (Å²) in [6, 6.07) is 6.99. The molecule has 0 aromatic heterocycles. The molecule has 0 saturated carbocycles. The van der Waals surface area contributed by atoms with Crippen LogP contribution in [0.15, 0.2) is 24.3 Å². The third kappa shape index (κ3) is 2.42. The van der Waals surface area contributed by atoms with Gasteiger partial charge < -0.3 is 10.1 Å². The van der Waals surface area contributed by atoms with Gasteiger partial charge in [0, 0.05) is 44.7 Å². The molecule has 1 N–H and O–H groups in total. The first-order chi connectivity index (χ1) is 8.31. The number of halogens is 1. The minimum absolute atomic E-state index is 0.196. The summed E-state index contributed by atoms with van der Waals surface area (Å²) in [5.74, 6) is 0.405. The van der Waals surface area contributed by atoms with Crippen molar-refractivity contribution in [3.8, 4) is 5.75 Å². The highest BCUT2D eigenvalue weighted by atomic mass is 19.1. The van der Waals surface area contributed by atoms with Crippen molar-refractivity contribution in [2.45, 2.75) is 18.6 Å². The van der Waals surface area contributed by atoms with Crippen molar-refractivity contribution in [1.29, 1.82) is 0 Å². The molecule has 0 bridgehead atoms. The van der Waals surface area contributed by atoms with Gasteiger partial charge in [0.15, 0.2) is 0 Å². The Bertz CT molecular complexity index is 385. The first-order valence-corrected chi connectivity index (χ1v) is 6.18. The fourth-order valence-corrected chi connectivity index (χ4v) is 2.73. The van der Waals surface area contributed by atoms with Gasteiger partial charge in [0.1, 0.15) is 17.7 Å². The highest BCUT2D eigenvalue weighted by molar-refractivity contribution is 5.23. The summed E-state index contributed by atoms with van der Waals surface area (Å²) in [6.45, 7) is 4.16. The molecule has 2 atom stereocenters. The Morgan fingerprint density at radius 1 is 1.41 bits per heavy atom. The molecule has 2 heterocycles. The van der Waals surface area contributed by atoms with E-state index in [0.717, 1.165) is 32.6 Å². The van der Waals surface area contributed by atoms with Crippen molar-refractivity contribution in [1.82, 2.24) is 10.2 Å². The van der Waals surface area contributed by atoms with Crippen LogP contribution < -0.4 is 10.1 Å². The zero-order valence-electron chi connectivity index (χ0n) is 9.73. The molecule has 4 heteroatoms. The highest BCUT2D eigenvalue weighted by Gasteiger charge is 2.34. The summed E-state index contributed by atoms with van der Waals surface area (Å²) < 4.78 is 18.9. The van der Waals surface area contributed by atoms with Crippen LogP contribution in [0.3, 0.4) is 0 Å². The number of piperazine rings is 1. The first kappa shape index (κ1) is 11.0. The van der Waals surface area contributed by atoms with Crippen molar-refractivity contribution in [3.63, 3.8) is 0 Å².